The SMILES string of the molecule is CCCCOP(=O)(O)OCCCCOP(=O)(O)OCCCC.CCCCOP(=O)(O)OCCOCCOP(=O)(O)OCCCC.CCCCOP(=O)(O)OCCOP(=O)(O)OCCCC.CCOP(=O)(O)OCCCCOP(=O)(O)OCC.CCOP(=O)(O)OCCOP(=O)(O)OCC.CP(=O)(O)OCCCCOP(C)(=O)O.CP(C)(=O)O. The third kappa shape index (κ3) is 118. The summed E-state index contributed by atoms with van der Waals surface area (Å²) in [6.45, 7) is 22.4. The highest BCUT2D eigenvalue weighted by Gasteiger charge is 2.28. The van der Waals surface area contributed by atoms with Gasteiger partial charge >= 0.3 is 93.4 Å². The number of hydrogen-bond donors (Lipinski definition) is 13. The molecule has 0 bridgehead atoms. The van der Waals surface area contributed by atoms with Gasteiger partial charge in [0.25, 0.3) is 0 Å². The second-order valence-corrected chi connectivity index (χ2v) is 44.0. The van der Waals surface area contributed by atoms with Crippen LogP contribution in [0.1, 0.15) is 185 Å². The summed E-state index contributed by atoms with van der Waals surface area (Å²) in [6.07, 6.45) is 11.7. The summed E-state index contributed by atoms with van der Waals surface area (Å²) >= 11 is 0. The molecule has 0 aliphatic carbocycles. The zero-order valence-electron chi connectivity index (χ0n) is 70.0. The second kappa shape index (κ2) is 78.4. The molecule has 0 heterocycles. The van der Waals surface area contributed by atoms with Crippen LogP contribution in [0.4, 0.5) is 0 Å². The van der Waals surface area contributed by atoms with E-state index in [0.717, 1.165) is 51.9 Å². The van der Waals surface area contributed by atoms with Gasteiger partial charge in [0.2, 0.25) is 0 Å². The topological polar surface area (TPSA) is 697 Å². The van der Waals surface area contributed by atoms with Crippen molar-refractivity contribution in [1.82, 2.24) is 0 Å². The van der Waals surface area contributed by atoms with Crippen molar-refractivity contribution in [3.8, 4) is 0 Å². The zero-order chi connectivity index (χ0) is 92.5. The summed E-state index contributed by atoms with van der Waals surface area (Å²) in [4.78, 5) is 117. The largest absolute Gasteiger partial charge is 0.472 e. The number of hydrogen-bond acceptors (Lipinski definition) is 36. The van der Waals surface area contributed by atoms with Crippen molar-refractivity contribution in [2.75, 3.05) is 185 Å². The molecule has 12 unspecified atom stereocenters. The van der Waals surface area contributed by atoms with E-state index in [1.54, 1.807) is 13.8 Å². The Hall–Kier alpha value is 1.55. The van der Waals surface area contributed by atoms with Crippen LogP contribution in [-0.4, -0.2) is 249 Å². The highest BCUT2D eigenvalue weighted by Crippen LogP contribution is 2.50. The second-order valence-electron chi connectivity index (χ2n) is 23.1. The maximum atomic E-state index is 11.4. The van der Waals surface area contributed by atoms with Gasteiger partial charge in [-0.15, -0.1) is 0 Å². The van der Waals surface area contributed by atoms with E-state index in [2.05, 4.69) is 72.4 Å². The van der Waals surface area contributed by atoms with Crippen molar-refractivity contribution in [3.63, 3.8) is 0 Å². The first kappa shape index (κ1) is 133. The van der Waals surface area contributed by atoms with Crippen molar-refractivity contribution in [2.24, 2.45) is 0 Å². The van der Waals surface area contributed by atoms with Gasteiger partial charge in [0, 0.05) is 26.7 Å². The Morgan fingerprint density at radius 3 is 0.398 bits per heavy atom. The lowest BCUT2D eigenvalue weighted by Crippen LogP contribution is -2.09. The minimum absolute atomic E-state index is 0.00149. The maximum absolute atomic E-state index is 11.4. The number of phosphoric ester groups is 10. The first-order valence-corrected chi connectivity index (χ1v) is 58.8. The number of ether oxygens (including phenoxy) is 1. The van der Waals surface area contributed by atoms with Gasteiger partial charge < -0.3 is 77.4 Å². The Labute approximate surface area is 695 Å². The van der Waals surface area contributed by atoms with Crippen LogP contribution >= 0.6 is 101 Å². The molecule has 0 aliphatic heterocycles. The van der Waals surface area contributed by atoms with Crippen molar-refractivity contribution < 1.29 is 227 Å². The molecule has 118 heavy (non-hydrogen) atoms. The fourth-order valence-electron chi connectivity index (χ4n) is 5.91. The third-order valence-electron chi connectivity index (χ3n) is 11.1. The van der Waals surface area contributed by atoms with E-state index < -0.39 is 101 Å². The van der Waals surface area contributed by atoms with Crippen molar-refractivity contribution in [2.45, 2.75) is 185 Å². The summed E-state index contributed by atoms with van der Waals surface area (Å²) in [5, 5.41) is 0. The monoisotopic (exact) mass is 2000 g/mol. The van der Waals surface area contributed by atoms with Crippen LogP contribution < -0.4 is 0 Å². The molecular weight excluding hydrogens is 1860 g/mol. The summed E-state index contributed by atoms with van der Waals surface area (Å²) in [6, 6.07) is 0. The quantitative estimate of drug-likeness (QED) is 0.0199. The van der Waals surface area contributed by atoms with Gasteiger partial charge in [-0.3, -0.25) is 104 Å². The number of unbranched alkanes of at least 4 members (excludes halogenated alkanes) is 9. The molecule has 0 aliphatic rings. The molecule has 0 fully saturated rings. The highest BCUT2D eigenvalue weighted by molar-refractivity contribution is 7.56. The van der Waals surface area contributed by atoms with E-state index in [1.165, 1.54) is 27.2 Å². The molecule has 722 valence electrons. The fourth-order valence-corrected chi connectivity index (χ4v) is 14.3. The first-order valence-electron chi connectivity index (χ1n) is 37.3. The summed E-state index contributed by atoms with van der Waals surface area (Å²) in [5.74, 6) is 0. The molecule has 49 nitrogen and oxygen atoms in total. The lowest BCUT2D eigenvalue weighted by Gasteiger charge is -2.14. The van der Waals surface area contributed by atoms with E-state index in [1.807, 2.05) is 41.5 Å². The molecule has 0 aromatic rings. The number of rotatable bonds is 71. The van der Waals surface area contributed by atoms with Gasteiger partial charge in [-0.25, -0.2) is 45.7 Å². The van der Waals surface area contributed by atoms with E-state index >= 15 is 0 Å². The third-order valence-corrected chi connectivity index (χ3v) is 22.9. The molecule has 13 N–H and O–H groups in total. The maximum Gasteiger partial charge on any atom is 0.472 e. The van der Waals surface area contributed by atoms with E-state index in [4.69, 9.17) is 66.1 Å². The van der Waals surface area contributed by atoms with E-state index in [9.17, 15) is 88.7 Å². The predicted octanol–water partition coefficient (Wildman–Crippen LogP) is 14.7. The van der Waals surface area contributed by atoms with Crippen molar-refractivity contribution >= 4 is 101 Å². The van der Waals surface area contributed by atoms with Crippen LogP contribution in [0.3, 0.4) is 0 Å². The van der Waals surface area contributed by atoms with E-state index in [0.29, 0.717) is 77.0 Å². The summed E-state index contributed by atoms with van der Waals surface area (Å²) in [7, 11) is -49.8. The van der Waals surface area contributed by atoms with E-state index in [-0.39, 0.29) is 159 Å². The van der Waals surface area contributed by atoms with Crippen LogP contribution in [0.15, 0.2) is 0 Å². The minimum Gasteiger partial charge on any atom is -0.377 e. The van der Waals surface area contributed by atoms with Gasteiger partial charge in [-0.2, -0.15) is 0 Å². The van der Waals surface area contributed by atoms with Crippen molar-refractivity contribution in [3.05, 3.63) is 0 Å². The van der Waals surface area contributed by atoms with Crippen LogP contribution in [-0.2, 0) is 164 Å². The zero-order valence-corrected chi connectivity index (χ0v) is 81.7. The van der Waals surface area contributed by atoms with Crippen LogP contribution in [0.5, 0.6) is 0 Å². The first-order chi connectivity index (χ1) is 54.3. The average Bonchev–Trinajstić information content (AvgIpc) is 0.926. The Morgan fingerprint density at radius 2 is 0.271 bits per heavy atom. The predicted molar refractivity (Wildman–Crippen MR) is 433 cm³/mol. The van der Waals surface area contributed by atoms with Crippen molar-refractivity contribution in [1.29, 1.82) is 0 Å². The van der Waals surface area contributed by atoms with Crippen LogP contribution in [0.2, 0.25) is 0 Å². The smallest absolute Gasteiger partial charge is 0.377 e. The molecule has 0 radical (unpaired) electrons. The molecular formula is C56H139O49P13. The van der Waals surface area contributed by atoms with Crippen LogP contribution in [0.25, 0.3) is 0 Å². The number of phosphoric acid groups is 10. The lowest BCUT2D eigenvalue weighted by molar-refractivity contribution is 0.0506. The standard InChI is InChI=1S/C12H28O9P2.C12H28O8P2.C10H24O8P2.C8H20O8P2.C6H16O8P2.C6H16O6P2.C2H7O2P/c1-3-5-7-18-22(13,14)20-11-9-17-10-12-21-23(15,16)19-8-6-4-2;1-3-5-9-17-21(13,14)19-11-7-8-12-20-22(15,16)18-10-6-4-2;1-3-5-7-15-19(11,12)17-9-10-18-20(13,14)16-8-6-4-2;1-3-13-17(9,10)15-7-5-6-8-16-18(11,12)14-4-2;1-3-11-15(7,8)13-5-6-14-16(9,10)12-4-2;1-13(7,8)11-5-3-4-6-12-14(2,9)10;1-5(2,3)4/h3-12H2,1-2H3,(H,13,14)(H,15,16);3-12H2,1-2H3,(H,13,14)(H,15,16);3-10H2,1-2H3,(H,11,12)(H,13,14);3-8H2,1-2H3,(H,9,10)(H,11,12);3-6H2,1-2H3,(H,7,8)(H,9,10);3-6H2,1-2H3,(H,7,8)(H,9,10);1-2H3,(H,3,4). The minimum atomic E-state index is -4.12. The molecule has 12 atom stereocenters. The van der Waals surface area contributed by atoms with Gasteiger partial charge in [0.05, 0.1) is 159 Å². The lowest BCUT2D eigenvalue weighted by atomic mass is 10.3. The van der Waals surface area contributed by atoms with Gasteiger partial charge in [0.15, 0.2) is 7.37 Å². The highest BCUT2D eigenvalue weighted by atomic mass is 31.2. The van der Waals surface area contributed by atoms with Gasteiger partial charge in [-0.05, 0) is 105 Å². The summed E-state index contributed by atoms with van der Waals surface area (Å²) in [5.41, 5.74) is 0. The molecule has 0 spiro atoms. The Bertz CT molecular complexity index is 2840. The Kier molecular flexibility index (Phi) is 88.1. The molecule has 62 heteroatoms. The molecule has 0 aromatic carbocycles. The Balaban J connectivity index is -0.000000249. The molecule has 0 rings (SSSR count). The normalized spacial score (nSPS) is 17.7. The fraction of sp³-hybridized carbons (Fsp3) is 1.00. The molecule has 0 saturated heterocycles. The summed E-state index contributed by atoms with van der Waals surface area (Å²) < 4.78 is 250. The Morgan fingerprint density at radius 1 is 0.161 bits per heavy atom. The molecule has 0 aromatic heterocycles. The average molecular weight is 2000 g/mol. The van der Waals surface area contributed by atoms with Gasteiger partial charge in [-0.1, -0.05) is 80.1 Å². The van der Waals surface area contributed by atoms with Crippen LogP contribution in [0, 0.1) is 0 Å². The van der Waals surface area contributed by atoms with Gasteiger partial charge in [0.1, 0.15) is 0 Å². The molecule has 0 amide bonds. The molecule has 0 saturated carbocycles.